The van der Waals surface area contributed by atoms with E-state index in [1.807, 2.05) is 60.4 Å². The van der Waals surface area contributed by atoms with Crippen LogP contribution in [-0.4, -0.2) is 41.9 Å². The zero-order valence-corrected chi connectivity index (χ0v) is 21.6. The maximum atomic E-state index is 13.2. The number of hydrogen-bond donors (Lipinski definition) is 1. The van der Waals surface area contributed by atoms with Gasteiger partial charge in [-0.3, -0.25) is 14.5 Å². The fourth-order valence-electron chi connectivity index (χ4n) is 5.13. The van der Waals surface area contributed by atoms with Gasteiger partial charge in [-0.15, -0.1) is 0 Å². The molecule has 38 heavy (non-hydrogen) atoms. The van der Waals surface area contributed by atoms with Crippen LogP contribution in [0.3, 0.4) is 0 Å². The summed E-state index contributed by atoms with van der Waals surface area (Å²) in [6.07, 6.45) is 0.742. The molecule has 5 rings (SSSR count). The molecule has 3 amide bonds. The normalized spacial score (nSPS) is 16.3. The Balaban J connectivity index is 1.20. The van der Waals surface area contributed by atoms with Crippen molar-refractivity contribution in [2.24, 2.45) is 0 Å². The van der Waals surface area contributed by atoms with Crippen molar-refractivity contribution in [3.05, 3.63) is 89.5 Å². The lowest BCUT2D eigenvalue weighted by Gasteiger charge is -2.40. The number of cyclic esters (lactones) is 1. The highest BCUT2D eigenvalue weighted by Gasteiger charge is 2.35. The summed E-state index contributed by atoms with van der Waals surface area (Å²) >= 11 is 0. The number of likely N-dealkylation sites (tertiary alicyclic amines) is 1. The topological polar surface area (TPSA) is 88.2 Å². The minimum absolute atomic E-state index is 0.00867. The number of carbonyl (C=O) groups is 3. The Morgan fingerprint density at radius 2 is 1.66 bits per heavy atom. The second-order valence-corrected chi connectivity index (χ2v) is 9.63. The first-order chi connectivity index (χ1) is 18.4. The summed E-state index contributed by atoms with van der Waals surface area (Å²) in [7, 11) is 0. The van der Waals surface area contributed by atoms with Crippen molar-refractivity contribution in [3.8, 4) is 5.75 Å². The number of ether oxygens (including phenoxy) is 2. The molecule has 2 heterocycles. The Labute approximate surface area is 222 Å². The van der Waals surface area contributed by atoms with Crippen molar-refractivity contribution in [1.82, 2.24) is 4.90 Å². The summed E-state index contributed by atoms with van der Waals surface area (Å²) < 4.78 is 11.5. The van der Waals surface area contributed by atoms with Crippen LogP contribution in [0.4, 0.5) is 16.2 Å². The molecule has 2 aliphatic heterocycles. The number of amides is 3. The summed E-state index contributed by atoms with van der Waals surface area (Å²) in [4.78, 5) is 40.8. The molecule has 0 bridgehead atoms. The molecule has 8 nitrogen and oxygen atoms in total. The van der Waals surface area contributed by atoms with Crippen molar-refractivity contribution in [2.75, 3.05) is 23.3 Å². The second-order valence-electron chi connectivity index (χ2n) is 9.63. The van der Waals surface area contributed by atoms with Gasteiger partial charge in [0.25, 0.3) is 5.91 Å². The molecule has 2 aliphatic rings. The maximum Gasteiger partial charge on any atom is 0.414 e. The number of anilines is 2. The van der Waals surface area contributed by atoms with Crippen LogP contribution in [0.2, 0.25) is 0 Å². The number of rotatable bonds is 6. The first-order valence-corrected chi connectivity index (χ1v) is 12.9. The summed E-state index contributed by atoms with van der Waals surface area (Å²) in [5.41, 5.74) is 4.07. The SMILES string of the molecule is CC(=O)Nc1ccccc1C(C)Oc1ccc(C(=O)N2CCC(N3C(=O)OCc4ccccc43)CC2)cc1. The van der Waals surface area contributed by atoms with Crippen LogP contribution >= 0.6 is 0 Å². The van der Waals surface area contributed by atoms with Crippen molar-refractivity contribution >= 4 is 29.3 Å². The summed E-state index contributed by atoms with van der Waals surface area (Å²) in [6.45, 7) is 4.81. The van der Waals surface area contributed by atoms with Crippen molar-refractivity contribution in [3.63, 3.8) is 0 Å². The van der Waals surface area contributed by atoms with Crippen LogP contribution in [0.1, 0.15) is 54.3 Å². The van der Waals surface area contributed by atoms with Crippen molar-refractivity contribution in [1.29, 1.82) is 0 Å². The van der Waals surface area contributed by atoms with Crippen molar-refractivity contribution in [2.45, 2.75) is 45.4 Å². The lowest BCUT2D eigenvalue weighted by molar-refractivity contribution is -0.114. The molecule has 0 saturated carbocycles. The molecule has 0 aromatic heterocycles. The number of fused-ring (bicyclic) bond motifs is 1. The zero-order chi connectivity index (χ0) is 26.6. The maximum absolute atomic E-state index is 13.2. The molecule has 0 spiro atoms. The molecule has 0 radical (unpaired) electrons. The van der Waals surface area contributed by atoms with Crippen LogP contribution in [-0.2, 0) is 16.1 Å². The lowest BCUT2D eigenvalue weighted by Crippen LogP contribution is -2.50. The minimum atomic E-state index is -0.321. The molecular weight excluding hydrogens is 482 g/mol. The third-order valence-electron chi connectivity index (χ3n) is 7.04. The lowest BCUT2D eigenvalue weighted by atomic mass is 10.00. The van der Waals surface area contributed by atoms with Crippen LogP contribution in [0.5, 0.6) is 5.75 Å². The van der Waals surface area contributed by atoms with E-state index < -0.39 is 0 Å². The first-order valence-electron chi connectivity index (χ1n) is 12.9. The highest BCUT2D eigenvalue weighted by molar-refractivity contribution is 5.95. The molecule has 196 valence electrons. The fraction of sp³-hybridized carbons (Fsp3) is 0.300. The first kappa shape index (κ1) is 25.3. The molecule has 1 atom stereocenters. The molecule has 1 fully saturated rings. The number of para-hydroxylation sites is 2. The van der Waals surface area contributed by atoms with Gasteiger partial charge < -0.3 is 19.7 Å². The van der Waals surface area contributed by atoms with Gasteiger partial charge in [0, 0.05) is 48.4 Å². The fourth-order valence-corrected chi connectivity index (χ4v) is 5.13. The monoisotopic (exact) mass is 513 g/mol. The zero-order valence-electron chi connectivity index (χ0n) is 21.6. The van der Waals surface area contributed by atoms with Crippen LogP contribution < -0.4 is 15.0 Å². The van der Waals surface area contributed by atoms with Gasteiger partial charge in [-0.05, 0) is 56.2 Å². The van der Waals surface area contributed by atoms with Gasteiger partial charge in [0.1, 0.15) is 18.5 Å². The molecular formula is C30H31N3O5. The Hall–Kier alpha value is -4.33. The van der Waals surface area contributed by atoms with E-state index >= 15 is 0 Å². The third kappa shape index (κ3) is 5.34. The average molecular weight is 514 g/mol. The van der Waals surface area contributed by atoms with Gasteiger partial charge >= 0.3 is 6.09 Å². The number of piperidine rings is 1. The smallest absolute Gasteiger partial charge is 0.414 e. The highest BCUT2D eigenvalue weighted by Crippen LogP contribution is 2.32. The van der Waals surface area contributed by atoms with E-state index in [0.717, 1.165) is 16.8 Å². The molecule has 1 saturated heterocycles. The molecule has 1 unspecified atom stereocenters. The van der Waals surface area contributed by atoms with Gasteiger partial charge in [0.05, 0.1) is 5.69 Å². The van der Waals surface area contributed by atoms with E-state index in [-0.39, 0.29) is 30.1 Å². The third-order valence-corrected chi connectivity index (χ3v) is 7.04. The Kier molecular flexibility index (Phi) is 7.31. The van der Waals surface area contributed by atoms with Crippen LogP contribution in [0.15, 0.2) is 72.8 Å². The Morgan fingerprint density at radius 1 is 0.974 bits per heavy atom. The number of benzene rings is 3. The predicted octanol–water partition coefficient (Wildman–Crippen LogP) is 5.55. The largest absolute Gasteiger partial charge is 0.486 e. The second kappa shape index (κ2) is 11.0. The summed E-state index contributed by atoms with van der Waals surface area (Å²) in [5, 5.41) is 2.83. The van der Waals surface area contributed by atoms with E-state index in [1.54, 1.807) is 29.2 Å². The summed E-state index contributed by atoms with van der Waals surface area (Å²) in [5.74, 6) is 0.450. The molecule has 3 aromatic rings. The van der Waals surface area contributed by atoms with Gasteiger partial charge in [-0.1, -0.05) is 36.4 Å². The minimum Gasteiger partial charge on any atom is -0.486 e. The van der Waals surface area contributed by atoms with Crippen LogP contribution in [0, 0.1) is 0 Å². The van der Waals surface area contributed by atoms with E-state index in [4.69, 9.17) is 9.47 Å². The van der Waals surface area contributed by atoms with Gasteiger partial charge in [0.2, 0.25) is 5.91 Å². The quantitative estimate of drug-likeness (QED) is 0.467. The number of nitrogens with zero attached hydrogens (tertiary/aromatic N) is 2. The summed E-state index contributed by atoms with van der Waals surface area (Å²) in [6, 6.07) is 22.4. The van der Waals surface area contributed by atoms with Crippen LogP contribution in [0.25, 0.3) is 0 Å². The number of nitrogens with one attached hydrogen (secondary N) is 1. The standard InChI is InChI=1S/C30H31N3O5/c1-20(26-8-4-5-9-27(26)31-21(2)34)38-25-13-11-22(12-14-25)29(35)32-17-15-24(16-18-32)33-28-10-6-3-7-23(28)19-37-30(33)36/h3-14,20,24H,15-19H2,1-2H3,(H,31,34). The van der Waals surface area contributed by atoms with Gasteiger partial charge in [-0.2, -0.15) is 0 Å². The Morgan fingerprint density at radius 3 is 2.39 bits per heavy atom. The van der Waals surface area contributed by atoms with Gasteiger partial charge in [0.15, 0.2) is 0 Å². The number of carbonyl (C=O) groups excluding carboxylic acids is 3. The van der Waals surface area contributed by atoms with Crippen molar-refractivity contribution < 1.29 is 23.9 Å². The van der Waals surface area contributed by atoms with Gasteiger partial charge in [-0.25, -0.2) is 4.79 Å². The average Bonchev–Trinajstić information content (AvgIpc) is 2.93. The van der Waals surface area contributed by atoms with E-state index in [0.29, 0.717) is 49.5 Å². The molecule has 0 aliphatic carbocycles. The van der Waals surface area contributed by atoms with E-state index in [2.05, 4.69) is 5.32 Å². The molecule has 3 aromatic carbocycles. The number of hydrogen-bond acceptors (Lipinski definition) is 5. The van der Waals surface area contributed by atoms with E-state index in [9.17, 15) is 14.4 Å². The molecule has 8 heteroatoms. The van der Waals surface area contributed by atoms with E-state index in [1.165, 1.54) is 6.92 Å². The Bertz CT molecular complexity index is 1330. The predicted molar refractivity (Wildman–Crippen MR) is 144 cm³/mol. The highest BCUT2D eigenvalue weighted by atomic mass is 16.6. The molecule has 1 N–H and O–H groups in total.